The maximum Gasteiger partial charge on any atom is 0.272 e. The van der Waals surface area contributed by atoms with E-state index in [0.717, 1.165) is 0 Å². The van der Waals surface area contributed by atoms with Gasteiger partial charge in [-0.15, -0.1) is 0 Å². The monoisotopic (exact) mass is 329 g/mol. The molecule has 2 amide bonds. The summed E-state index contributed by atoms with van der Waals surface area (Å²) in [5.74, 6) is -0.368. The van der Waals surface area contributed by atoms with E-state index < -0.39 is 5.91 Å². The van der Waals surface area contributed by atoms with Gasteiger partial charge in [0.1, 0.15) is 5.69 Å². The maximum absolute atomic E-state index is 12.0. The minimum absolute atomic E-state index is 0.164. The van der Waals surface area contributed by atoms with Crippen LogP contribution in [0.3, 0.4) is 0 Å². The number of imidazole rings is 1. The lowest BCUT2D eigenvalue weighted by Crippen LogP contribution is -2.33. The fourth-order valence-electron chi connectivity index (χ4n) is 1.93. The number of rotatable bonds is 4. The molecule has 0 fully saturated rings. The Morgan fingerprint density at radius 2 is 2.00 bits per heavy atom. The van der Waals surface area contributed by atoms with Crippen molar-refractivity contribution in [3.8, 4) is 0 Å². The zero-order valence-electron chi connectivity index (χ0n) is 11.9. The molecule has 0 atom stereocenters. The molecule has 116 valence electrons. The Kier molecular flexibility index (Phi) is 4.20. The van der Waals surface area contributed by atoms with Crippen molar-refractivity contribution in [3.63, 3.8) is 0 Å². The molecule has 0 bridgehead atoms. The van der Waals surface area contributed by atoms with E-state index in [4.69, 9.17) is 11.6 Å². The highest BCUT2D eigenvalue weighted by Gasteiger charge is 2.12. The lowest BCUT2D eigenvalue weighted by molar-refractivity contribution is -0.115. The van der Waals surface area contributed by atoms with E-state index in [1.54, 1.807) is 53.3 Å². The molecule has 2 heterocycles. The number of amides is 2. The molecule has 0 unspecified atom stereocenters. The van der Waals surface area contributed by atoms with Crippen molar-refractivity contribution in [1.82, 2.24) is 19.7 Å². The van der Waals surface area contributed by atoms with Crippen molar-refractivity contribution < 1.29 is 9.59 Å². The minimum atomic E-state index is -0.443. The first-order valence-electron chi connectivity index (χ1n) is 6.75. The number of benzene rings is 1. The molecule has 2 aromatic heterocycles. The summed E-state index contributed by atoms with van der Waals surface area (Å²) in [6, 6.07) is 8.42. The first-order valence-corrected chi connectivity index (χ1v) is 7.13. The molecular weight excluding hydrogens is 318 g/mol. The van der Waals surface area contributed by atoms with Gasteiger partial charge in [-0.2, -0.15) is 0 Å². The number of carbonyl (C=O) groups is 2. The average Bonchev–Trinajstić information content (AvgIpc) is 2.99. The number of hydrogen-bond acceptors (Lipinski definition) is 4. The van der Waals surface area contributed by atoms with Crippen LogP contribution in [0, 0.1) is 0 Å². The number of nitrogens with one attached hydrogen (secondary N) is 2. The highest BCUT2D eigenvalue weighted by atomic mass is 35.5. The fraction of sp³-hybridized carbons (Fsp3) is 0.0667. The molecule has 0 saturated carbocycles. The van der Waals surface area contributed by atoms with Crippen LogP contribution in [-0.4, -0.2) is 32.7 Å². The predicted octanol–water partition coefficient (Wildman–Crippen LogP) is 1.75. The van der Waals surface area contributed by atoms with Crippen molar-refractivity contribution in [2.45, 2.75) is 0 Å². The van der Waals surface area contributed by atoms with E-state index in [0.29, 0.717) is 16.5 Å². The van der Waals surface area contributed by atoms with Crippen LogP contribution in [0.25, 0.3) is 5.78 Å². The molecule has 0 aliphatic carbocycles. The molecule has 7 nitrogen and oxygen atoms in total. The van der Waals surface area contributed by atoms with Gasteiger partial charge >= 0.3 is 0 Å². The number of fused-ring (bicyclic) bond motifs is 1. The molecule has 1 aromatic carbocycles. The molecule has 3 aromatic rings. The summed E-state index contributed by atoms with van der Waals surface area (Å²) >= 11 is 5.77. The largest absolute Gasteiger partial charge is 0.342 e. The third-order valence-corrected chi connectivity index (χ3v) is 3.26. The van der Waals surface area contributed by atoms with Gasteiger partial charge in [0.2, 0.25) is 11.7 Å². The number of hydrogen-bond donors (Lipinski definition) is 2. The van der Waals surface area contributed by atoms with Crippen molar-refractivity contribution in [2.75, 3.05) is 11.9 Å². The molecule has 0 saturated heterocycles. The third kappa shape index (κ3) is 3.64. The first kappa shape index (κ1) is 15.0. The zero-order valence-corrected chi connectivity index (χ0v) is 12.6. The van der Waals surface area contributed by atoms with Crippen LogP contribution >= 0.6 is 11.6 Å². The highest BCUT2D eigenvalue weighted by Crippen LogP contribution is 2.13. The summed E-state index contributed by atoms with van der Waals surface area (Å²) in [5, 5.41) is 5.74. The second-order valence-corrected chi connectivity index (χ2v) is 5.13. The summed E-state index contributed by atoms with van der Waals surface area (Å²) in [5.41, 5.74) is 0.800. The zero-order chi connectivity index (χ0) is 16.2. The summed E-state index contributed by atoms with van der Waals surface area (Å²) in [6.45, 7) is -0.164. The Balaban J connectivity index is 1.57. The molecule has 23 heavy (non-hydrogen) atoms. The van der Waals surface area contributed by atoms with E-state index in [2.05, 4.69) is 20.6 Å². The van der Waals surface area contributed by atoms with Crippen molar-refractivity contribution >= 4 is 34.9 Å². The summed E-state index contributed by atoms with van der Waals surface area (Å²) in [6.07, 6.45) is 4.87. The molecule has 0 aliphatic heterocycles. The fourth-order valence-corrected chi connectivity index (χ4v) is 2.05. The smallest absolute Gasteiger partial charge is 0.272 e. The number of carbonyl (C=O) groups excluding carboxylic acids is 2. The molecule has 0 radical (unpaired) electrons. The summed E-state index contributed by atoms with van der Waals surface area (Å²) in [7, 11) is 0. The standard InChI is InChI=1S/C15H12ClN5O2/c16-10-2-4-11(5-3-10)19-13(22)8-18-14(23)12-9-21-7-1-6-17-15(21)20-12/h1-7,9H,8H2,(H,18,23)(H,19,22). The molecular formula is C15H12ClN5O2. The molecule has 0 spiro atoms. The molecule has 3 rings (SSSR count). The quantitative estimate of drug-likeness (QED) is 0.763. The van der Waals surface area contributed by atoms with Gasteiger partial charge in [-0.1, -0.05) is 11.6 Å². The van der Waals surface area contributed by atoms with Crippen LogP contribution in [0.4, 0.5) is 5.69 Å². The van der Waals surface area contributed by atoms with Gasteiger partial charge in [0.05, 0.1) is 6.54 Å². The van der Waals surface area contributed by atoms with Gasteiger partial charge in [-0.05, 0) is 30.3 Å². The third-order valence-electron chi connectivity index (χ3n) is 3.01. The topological polar surface area (TPSA) is 88.4 Å². The van der Waals surface area contributed by atoms with Crippen LogP contribution in [-0.2, 0) is 4.79 Å². The van der Waals surface area contributed by atoms with Crippen LogP contribution in [0.5, 0.6) is 0 Å². The van der Waals surface area contributed by atoms with Crippen LogP contribution in [0.1, 0.15) is 10.5 Å². The second-order valence-electron chi connectivity index (χ2n) is 4.69. The summed E-state index contributed by atoms with van der Waals surface area (Å²) < 4.78 is 1.63. The van der Waals surface area contributed by atoms with E-state index >= 15 is 0 Å². The van der Waals surface area contributed by atoms with E-state index in [9.17, 15) is 9.59 Å². The lowest BCUT2D eigenvalue weighted by atomic mass is 10.3. The van der Waals surface area contributed by atoms with Gasteiger partial charge in [-0.25, -0.2) is 9.97 Å². The van der Waals surface area contributed by atoms with E-state index in [-0.39, 0.29) is 18.1 Å². The average molecular weight is 330 g/mol. The SMILES string of the molecule is O=C(CNC(=O)c1cn2cccnc2n1)Nc1ccc(Cl)cc1. The lowest BCUT2D eigenvalue weighted by Gasteiger charge is -2.06. The van der Waals surface area contributed by atoms with Gasteiger partial charge in [0, 0.05) is 29.3 Å². The Morgan fingerprint density at radius 3 is 2.74 bits per heavy atom. The molecule has 8 heteroatoms. The molecule has 2 N–H and O–H groups in total. The van der Waals surface area contributed by atoms with Gasteiger partial charge < -0.3 is 10.6 Å². The highest BCUT2D eigenvalue weighted by molar-refractivity contribution is 6.30. The van der Waals surface area contributed by atoms with Gasteiger partial charge in [0.15, 0.2) is 0 Å². The van der Waals surface area contributed by atoms with E-state index in [1.807, 2.05) is 0 Å². The second kappa shape index (κ2) is 6.45. The number of halogens is 1. The summed E-state index contributed by atoms with van der Waals surface area (Å²) in [4.78, 5) is 31.9. The minimum Gasteiger partial charge on any atom is -0.342 e. The Morgan fingerprint density at radius 1 is 1.22 bits per heavy atom. The predicted molar refractivity (Wildman–Crippen MR) is 85.4 cm³/mol. The van der Waals surface area contributed by atoms with Crippen molar-refractivity contribution in [2.24, 2.45) is 0 Å². The number of aromatic nitrogens is 3. The Hall–Kier alpha value is -2.93. The first-order chi connectivity index (χ1) is 11.1. The van der Waals surface area contributed by atoms with Crippen LogP contribution in [0.2, 0.25) is 5.02 Å². The number of nitrogens with zero attached hydrogens (tertiary/aromatic N) is 3. The Labute approximate surface area is 136 Å². The van der Waals surface area contributed by atoms with Crippen LogP contribution < -0.4 is 10.6 Å². The van der Waals surface area contributed by atoms with Crippen molar-refractivity contribution in [1.29, 1.82) is 0 Å². The van der Waals surface area contributed by atoms with Crippen molar-refractivity contribution in [3.05, 3.63) is 59.6 Å². The van der Waals surface area contributed by atoms with Gasteiger partial charge in [0.25, 0.3) is 5.91 Å². The maximum atomic E-state index is 12.0. The Bertz CT molecular complexity index is 827. The van der Waals surface area contributed by atoms with Crippen LogP contribution in [0.15, 0.2) is 48.9 Å². The van der Waals surface area contributed by atoms with E-state index in [1.165, 1.54) is 0 Å². The molecule has 0 aliphatic rings. The number of anilines is 1. The van der Waals surface area contributed by atoms with Gasteiger partial charge in [-0.3, -0.25) is 14.0 Å². The normalized spacial score (nSPS) is 10.5.